The normalized spacial score (nSPS) is 18.4. The molecule has 4 rings (SSSR count). The van der Waals surface area contributed by atoms with Gasteiger partial charge in [-0.3, -0.25) is 14.5 Å². The second-order valence-electron chi connectivity index (χ2n) is 7.30. The quantitative estimate of drug-likeness (QED) is 0.776. The summed E-state index contributed by atoms with van der Waals surface area (Å²) in [6, 6.07) is 17.9. The first kappa shape index (κ1) is 17.0. The van der Waals surface area contributed by atoms with Crippen molar-refractivity contribution in [3.05, 3.63) is 65.7 Å². The fraction of sp³-hybridized carbons (Fsp3) is 0.364. The van der Waals surface area contributed by atoms with Gasteiger partial charge < -0.3 is 4.90 Å². The fourth-order valence-electron chi connectivity index (χ4n) is 4.06. The molecule has 1 fully saturated rings. The van der Waals surface area contributed by atoms with Crippen LogP contribution in [0.4, 0.5) is 5.69 Å². The SMILES string of the molecule is O=C1C(=O)N(CCC2CCN(Cc3ccccc3)CC2)c2ccccc21. The van der Waals surface area contributed by atoms with Crippen LogP contribution in [0.3, 0.4) is 0 Å². The van der Waals surface area contributed by atoms with E-state index in [1.54, 1.807) is 11.0 Å². The number of benzene rings is 2. The summed E-state index contributed by atoms with van der Waals surface area (Å²) in [6.07, 6.45) is 3.28. The Morgan fingerprint density at radius 2 is 1.58 bits per heavy atom. The molecule has 0 atom stereocenters. The lowest BCUT2D eigenvalue weighted by Gasteiger charge is -2.32. The molecule has 0 aromatic heterocycles. The molecule has 0 saturated carbocycles. The Kier molecular flexibility index (Phi) is 4.85. The molecule has 1 saturated heterocycles. The highest BCUT2D eigenvalue weighted by Gasteiger charge is 2.35. The summed E-state index contributed by atoms with van der Waals surface area (Å²) in [5.74, 6) is -0.108. The zero-order chi connectivity index (χ0) is 17.9. The maximum atomic E-state index is 12.3. The average Bonchev–Trinajstić information content (AvgIpc) is 2.93. The fourth-order valence-corrected chi connectivity index (χ4v) is 4.06. The molecule has 26 heavy (non-hydrogen) atoms. The molecular formula is C22H24N2O2. The molecule has 2 aliphatic heterocycles. The third-order valence-corrected chi connectivity index (χ3v) is 5.60. The van der Waals surface area contributed by atoms with E-state index in [0.717, 1.165) is 44.6 Å². The summed E-state index contributed by atoms with van der Waals surface area (Å²) in [5, 5.41) is 0. The van der Waals surface area contributed by atoms with Gasteiger partial charge in [0.2, 0.25) is 0 Å². The molecule has 1 amide bonds. The standard InChI is InChI=1S/C22H24N2O2/c25-21-19-8-4-5-9-20(19)24(22(21)26)15-12-17-10-13-23(14-11-17)16-18-6-2-1-3-7-18/h1-9,17H,10-16H2. The number of anilines is 1. The Morgan fingerprint density at radius 3 is 2.35 bits per heavy atom. The van der Waals surface area contributed by atoms with Crippen molar-refractivity contribution in [3.63, 3.8) is 0 Å². The van der Waals surface area contributed by atoms with Crippen LogP contribution in [0.5, 0.6) is 0 Å². The second-order valence-corrected chi connectivity index (χ2v) is 7.30. The van der Waals surface area contributed by atoms with Gasteiger partial charge in [-0.2, -0.15) is 0 Å². The van der Waals surface area contributed by atoms with Crippen LogP contribution >= 0.6 is 0 Å². The summed E-state index contributed by atoms with van der Waals surface area (Å²) < 4.78 is 0. The number of amides is 1. The van der Waals surface area contributed by atoms with Crippen molar-refractivity contribution < 1.29 is 9.59 Å². The lowest BCUT2D eigenvalue weighted by atomic mass is 9.93. The molecule has 2 heterocycles. The maximum absolute atomic E-state index is 12.3. The van der Waals surface area contributed by atoms with Crippen LogP contribution in [0, 0.1) is 5.92 Å². The van der Waals surface area contributed by atoms with Gasteiger partial charge in [0.25, 0.3) is 11.7 Å². The number of Topliss-reactive ketones (excluding diaryl/α,β-unsaturated/α-hetero) is 1. The van der Waals surface area contributed by atoms with E-state index in [1.807, 2.05) is 18.2 Å². The van der Waals surface area contributed by atoms with E-state index in [4.69, 9.17) is 0 Å². The lowest BCUT2D eigenvalue weighted by molar-refractivity contribution is -0.114. The van der Waals surface area contributed by atoms with Crippen LogP contribution in [-0.4, -0.2) is 36.2 Å². The van der Waals surface area contributed by atoms with Crippen LogP contribution in [0.1, 0.15) is 35.2 Å². The number of carbonyl (C=O) groups is 2. The Balaban J connectivity index is 1.29. The average molecular weight is 348 g/mol. The molecule has 0 unspecified atom stereocenters. The molecule has 2 aromatic carbocycles. The van der Waals surface area contributed by atoms with Crippen LogP contribution < -0.4 is 4.90 Å². The smallest absolute Gasteiger partial charge is 0.299 e. The second kappa shape index (κ2) is 7.42. The van der Waals surface area contributed by atoms with Gasteiger partial charge in [-0.15, -0.1) is 0 Å². The number of rotatable bonds is 5. The monoisotopic (exact) mass is 348 g/mol. The highest BCUT2D eigenvalue weighted by Crippen LogP contribution is 2.30. The Morgan fingerprint density at radius 1 is 0.885 bits per heavy atom. The molecule has 2 aliphatic rings. The summed E-state index contributed by atoms with van der Waals surface area (Å²) in [5.41, 5.74) is 2.70. The highest BCUT2D eigenvalue weighted by molar-refractivity contribution is 6.52. The van der Waals surface area contributed by atoms with Gasteiger partial charge in [0.05, 0.1) is 11.3 Å². The Bertz CT molecular complexity index is 795. The van der Waals surface area contributed by atoms with Crippen LogP contribution in [0.2, 0.25) is 0 Å². The van der Waals surface area contributed by atoms with Crippen molar-refractivity contribution in [3.8, 4) is 0 Å². The Hall–Kier alpha value is -2.46. The minimum atomic E-state index is -0.368. The van der Waals surface area contributed by atoms with Crippen LogP contribution in [0.15, 0.2) is 54.6 Å². The van der Waals surface area contributed by atoms with Gasteiger partial charge in [0, 0.05) is 13.1 Å². The first-order valence-corrected chi connectivity index (χ1v) is 9.44. The number of hydrogen-bond acceptors (Lipinski definition) is 3. The Labute approximate surface area is 154 Å². The van der Waals surface area contributed by atoms with Crippen LogP contribution in [-0.2, 0) is 11.3 Å². The topological polar surface area (TPSA) is 40.6 Å². The van der Waals surface area contributed by atoms with Crippen molar-refractivity contribution in [1.29, 1.82) is 0 Å². The minimum Gasteiger partial charge on any atom is -0.305 e. The van der Waals surface area contributed by atoms with Crippen molar-refractivity contribution in [2.45, 2.75) is 25.8 Å². The predicted octanol–water partition coefficient (Wildman–Crippen LogP) is 3.52. The highest BCUT2D eigenvalue weighted by atomic mass is 16.2. The van der Waals surface area contributed by atoms with Gasteiger partial charge >= 0.3 is 0 Å². The van der Waals surface area contributed by atoms with E-state index in [9.17, 15) is 9.59 Å². The van der Waals surface area contributed by atoms with Crippen molar-refractivity contribution in [2.75, 3.05) is 24.5 Å². The zero-order valence-corrected chi connectivity index (χ0v) is 14.9. The molecule has 0 aliphatic carbocycles. The van der Waals surface area contributed by atoms with Crippen LogP contribution in [0.25, 0.3) is 0 Å². The predicted molar refractivity (Wildman–Crippen MR) is 102 cm³/mol. The van der Waals surface area contributed by atoms with E-state index in [2.05, 4.69) is 35.2 Å². The van der Waals surface area contributed by atoms with Crippen molar-refractivity contribution in [1.82, 2.24) is 4.90 Å². The lowest BCUT2D eigenvalue weighted by Crippen LogP contribution is -2.36. The number of fused-ring (bicyclic) bond motifs is 1. The third-order valence-electron chi connectivity index (χ3n) is 5.60. The first-order chi connectivity index (χ1) is 12.7. The largest absolute Gasteiger partial charge is 0.305 e. The van der Waals surface area contributed by atoms with Gasteiger partial charge in [-0.05, 0) is 56.0 Å². The number of ketones is 1. The van der Waals surface area contributed by atoms with E-state index in [1.165, 1.54) is 5.56 Å². The van der Waals surface area contributed by atoms with Gasteiger partial charge in [-0.25, -0.2) is 0 Å². The maximum Gasteiger partial charge on any atom is 0.299 e. The van der Waals surface area contributed by atoms with E-state index >= 15 is 0 Å². The molecular weight excluding hydrogens is 324 g/mol. The van der Waals surface area contributed by atoms with Crippen molar-refractivity contribution in [2.24, 2.45) is 5.92 Å². The molecule has 2 aromatic rings. The number of hydrogen-bond donors (Lipinski definition) is 0. The summed E-state index contributed by atoms with van der Waals surface area (Å²) in [4.78, 5) is 28.5. The summed E-state index contributed by atoms with van der Waals surface area (Å²) >= 11 is 0. The third kappa shape index (κ3) is 3.42. The molecule has 0 radical (unpaired) electrons. The molecule has 4 nitrogen and oxygen atoms in total. The van der Waals surface area contributed by atoms with Gasteiger partial charge in [0.1, 0.15) is 0 Å². The first-order valence-electron chi connectivity index (χ1n) is 9.44. The van der Waals surface area contributed by atoms with E-state index in [0.29, 0.717) is 18.0 Å². The number of para-hydroxylation sites is 1. The number of piperidine rings is 1. The molecule has 0 bridgehead atoms. The molecule has 134 valence electrons. The summed E-state index contributed by atoms with van der Waals surface area (Å²) in [7, 11) is 0. The number of carbonyl (C=O) groups excluding carboxylic acids is 2. The van der Waals surface area contributed by atoms with E-state index < -0.39 is 0 Å². The van der Waals surface area contributed by atoms with Gasteiger partial charge in [-0.1, -0.05) is 42.5 Å². The molecule has 0 N–H and O–H groups in total. The number of likely N-dealkylation sites (tertiary alicyclic amines) is 1. The molecule has 4 heteroatoms. The summed E-state index contributed by atoms with van der Waals surface area (Å²) in [6.45, 7) is 3.86. The zero-order valence-electron chi connectivity index (χ0n) is 14.9. The molecule has 0 spiro atoms. The van der Waals surface area contributed by atoms with E-state index in [-0.39, 0.29) is 11.7 Å². The van der Waals surface area contributed by atoms with Gasteiger partial charge in [0.15, 0.2) is 0 Å². The minimum absolute atomic E-state index is 0.363. The van der Waals surface area contributed by atoms with Crippen molar-refractivity contribution >= 4 is 17.4 Å². The number of nitrogens with zero attached hydrogens (tertiary/aromatic N) is 2.